The Bertz CT molecular complexity index is 1070. The Hall–Kier alpha value is -2.91. The number of para-hydroxylation sites is 1. The number of pyridine rings is 1. The van der Waals surface area contributed by atoms with Crippen molar-refractivity contribution in [2.45, 2.75) is 17.9 Å². The molecule has 126 valence electrons. The summed E-state index contributed by atoms with van der Waals surface area (Å²) in [6, 6.07) is 18.2. The zero-order chi connectivity index (χ0) is 18.0. The number of anilines is 1. The van der Waals surface area contributed by atoms with E-state index in [0.717, 1.165) is 22.2 Å². The average Bonchev–Trinajstić information content (AvgIpc) is 2.61. The summed E-state index contributed by atoms with van der Waals surface area (Å²) in [6.45, 7) is 1.98. The van der Waals surface area contributed by atoms with E-state index < -0.39 is 9.84 Å². The molecular formula is C19H17N3O2S. The van der Waals surface area contributed by atoms with Crippen LogP contribution in [0.1, 0.15) is 24.2 Å². The zero-order valence-electron chi connectivity index (χ0n) is 13.9. The van der Waals surface area contributed by atoms with Crippen molar-refractivity contribution < 1.29 is 8.42 Å². The number of benzene rings is 2. The maximum atomic E-state index is 11.6. The fraction of sp³-hybridized carbons (Fsp3) is 0.158. The minimum Gasteiger partial charge on any atom is -0.378 e. The Morgan fingerprint density at radius 3 is 2.44 bits per heavy atom. The summed E-state index contributed by atoms with van der Waals surface area (Å²) in [5, 5.41) is 13.5. The second-order valence-electron chi connectivity index (χ2n) is 5.89. The summed E-state index contributed by atoms with van der Waals surface area (Å²) < 4.78 is 23.1. The minimum atomic E-state index is -3.21. The number of nitrogens with zero attached hydrogens (tertiary/aromatic N) is 2. The van der Waals surface area contributed by atoms with Crippen LogP contribution in [0.25, 0.3) is 10.9 Å². The van der Waals surface area contributed by atoms with Crippen LogP contribution in [0, 0.1) is 11.3 Å². The van der Waals surface area contributed by atoms with Gasteiger partial charge in [0.05, 0.1) is 10.4 Å². The Labute approximate surface area is 146 Å². The first-order valence-corrected chi connectivity index (χ1v) is 9.64. The predicted molar refractivity (Wildman–Crippen MR) is 98.0 cm³/mol. The van der Waals surface area contributed by atoms with Gasteiger partial charge in [0.25, 0.3) is 0 Å². The van der Waals surface area contributed by atoms with Gasteiger partial charge in [-0.2, -0.15) is 5.26 Å². The summed E-state index contributed by atoms with van der Waals surface area (Å²) in [7, 11) is -3.21. The van der Waals surface area contributed by atoms with Crippen LogP contribution in [-0.4, -0.2) is 19.7 Å². The topological polar surface area (TPSA) is 82.8 Å². The van der Waals surface area contributed by atoms with Crippen LogP contribution in [0.3, 0.4) is 0 Å². The monoisotopic (exact) mass is 351 g/mol. The molecule has 0 saturated heterocycles. The highest BCUT2D eigenvalue weighted by atomic mass is 32.2. The van der Waals surface area contributed by atoms with Crippen LogP contribution >= 0.6 is 0 Å². The van der Waals surface area contributed by atoms with Gasteiger partial charge >= 0.3 is 0 Å². The second kappa shape index (κ2) is 6.54. The van der Waals surface area contributed by atoms with Gasteiger partial charge in [0.2, 0.25) is 0 Å². The second-order valence-corrected chi connectivity index (χ2v) is 7.91. The van der Waals surface area contributed by atoms with Crippen LogP contribution in [0.5, 0.6) is 0 Å². The molecule has 2 aromatic carbocycles. The number of nitrogens with one attached hydrogen (secondary N) is 1. The van der Waals surface area contributed by atoms with E-state index >= 15 is 0 Å². The van der Waals surface area contributed by atoms with Crippen molar-refractivity contribution in [3.8, 4) is 6.07 Å². The molecule has 0 aliphatic rings. The molecule has 0 spiro atoms. The number of rotatable bonds is 4. The molecule has 0 fully saturated rings. The third-order valence-electron chi connectivity index (χ3n) is 4.01. The smallest absolute Gasteiger partial charge is 0.175 e. The van der Waals surface area contributed by atoms with Crippen molar-refractivity contribution in [3.05, 3.63) is 65.9 Å². The Kier molecular flexibility index (Phi) is 4.43. The molecule has 0 amide bonds. The summed E-state index contributed by atoms with van der Waals surface area (Å²) in [5.41, 5.74) is 2.87. The van der Waals surface area contributed by atoms with Crippen LogP contribution < -0.4 is 5.32 Å². The number of fused-ring (bicyclic) bond motifs is 1. The molecule has 0 bridgehead atoms. The van der Waals surface area contributed by atoms with Crippen molar-refractivity contribution in [2.24, 2.45) is 0 Å². The number of hydrogen-bond acceptors (Lipinski definition) is 5. The first-order valence-electron chi connectivity index (χ1n) is 7.75. The van der Waals surface area contributed by atoms with E-state index in [2.05, 4.69) is 16.4 Å². The number of hydrogen-bond donors (Lipinski definition) is 1. The third kappa shape index (κ3) is 3.62. The normalized spacial score (nSPS) is 12.5. The highest BCUT2D eigenvalue weighted by molar-refractivity contribution is 7.90. The Morgan fingerprint density at radius 2 is 1.80 bits per heavy atom. The maximum Gasteiger partial charge on any atom is 0.175 e. The molecule has 1 atom stereocenters. The SMILES string of the molecule is CC(Nc1cc(C#N)nc2ccccc12)c1ccc(S(C)(=O)=O)cc1. The third-order valence-corrected chi connectivity index (χ3v) is 5.14. The summed E-state index contributed by atoms with van der Waals surface area (Å²) in [5.74, 6) is 0. The lowest BCUT2D eigenvalue weighted by Gasteiger charge is -2.18. The molecule has 0 radical (unpaired) electrons. The maximum absolute atomic E-state index is 11.6. The molecule has 3 rings (SSSR count). The predicted octanol–water partition coefficient (Wildman–Crippen LogP) is 3.68. The van der Waals surface area contributed by atoms with E-state index in [1.807, 2.05) is 31.2 Å². The van der Waals surface area contributed by atoms with Gasteiger partial charge in [0, 0.05) is 23.4 Å². The van der Waals surface area contributed by atoms with Gasteiger partial charge in [-0.05, 0) is 36.8 Å². The molecule has 25 heavy (non-hydrogen) atoms. The highest BCUT2D eigenvalue weighted by Crippen LogP contribution is 2.27. The van der Waals surface area contributed by atoms with Crippen molar-refractivity contribution in [2.75, 3.05) is 11.6 Å². The quantitative estimate of drug-likeness (QED) is 0.775. The van der Waals surface area contributed by atoms with Crippen molar-refractivity contribution in [3.63, 3.8) is 0 Å². The van der Waals surface area contributed by atoms with E-state index in [0.29, 0.717) is 10.6 Å². The molecule has 0 saturated carbocycles. The molecule has 3 aromatic rings. The first kappa shape index (κ1) is 16.9. The van der Waals surface area contributed by atoms with Gasteiger partial charge in [-0.25, -0.2) is 13.4 Å². The molecular weight excluding hydrogens is 334 g/mol. The van der Waals surface area contributed by atoms with Crippen molar-refractivity contribution in [1.82, 2.24) is 4.98 Å². The number of sulfone groups is 1. The average molecular weight is 351 g/mol. The van der Waals surface area contributed by atoms with Gasteiger partial charge in [-0.15, -0.1) is 0 Å². The van der Waals surface area contributed by atoms with E-state index in [4.69, 9.17) is 0 Å². The van der Waals surface area contributed by atoms with Gasteiger partial charge < -0.3 is 5.32 Å². The van der Waals surface area contributed by atoms with Crippen molar-refractivity contribution in [1.29, 1.82) is 5.26 Å². The van der Waals surface area contributed by atoms with E-state index in [9.17, 15) is 13.7 Å². The summed E-state index contributed by atoms with van der Waals surface area (Å²) in [6.07, 6.45) is 1.19. The van der Waals surface area contributed by atoms with E-state index in [1.165, 1.54) is 6.26 Å². The summed E-state index contributed by atoms with van der Waals surface area (Å²) in [4.78, 5) is 4.60. The molecule has 1 unspecified atom stereocenters. The molecule has 5 nitrogen and oxygen atoms in total. The van der Waals surface area contributed by atoms with Crippen LogP contribution in [0.2, 0.25) is 0 Å². The van der Waals surface area contributed by atoms with E-state index in [-0.39, 0.29) is 6.04 Å². The van der Waals surface area contributed by atoms with Crippen LogP contribution in [0.15, 0.2) is 59.5 Å². The molecule has 1 heterocycles. The highest BCUT2D eigenvalue weighted by Gasteiger charge is 2.12. The molecule has 6 heteroatoms. The number of aromatic nitrogens is 1. The fourth-order valence-corrected chi connectivity index (χ4v) is 3.30. The Morgan fingerprint density at radius 1 is 1.12 bits per heavy atom. The standard InChI is InChI=1S/C19H17N3O2S/c1-13(14-7-9-16(10-8-14)25(2,23)24)21-19-11-15(12-20)22-18-6-4-3-5-17(18)19/h3-11,13H,1-2H3,(H,21,22). The Balaban J connectivity index is 1.94. The van der Waals surface area contributed by atoms with Gasteiger partial charge in [-0.1, -0.05) is 30.3 Å². The molecule has 1 aromatic heterocycles. The van der Waals surface area contributed by atoms with Gasteiger partial charge in [-0.3, -0.25) is 0 Å². The lowest BCUT2D eigenvalue weighted by atomic mass is 10.1. The first-order chi connectivity index (χ1) is 11.9. The molecule has 0 aliphatic heterocycles. The van der Waals surface area contributed by atoms with Crippen LogP contribution in [-0.2, 0) is 9.84 Å². The van der Waals surface area contributed by atoms with E-state index in [1.54, 1.807) is 30.3 Å². The lowest BCUT2D eigenvalue weighted by Crippen LogP contribution is -2.08. The van der Waals surface area contributed by atoms with Crippen LogP contribution in [0.4, 0.5) is 5.69 Å². The number of nitriles is 1. The summed E-state index contributed by atoms with van der Waals surface area (Å²) >= 11 is 0. The molecule has 0 aliphatic carbocycles. The van der Waals surface area contributed by atoms with Crippen molar-refractivity contribution >= 4 is 26.4 Å². The largest absolute Gasteiger partial charge is 0.378 e. The van der Waals surface area contributed by atoms with Gasteiger partial charge in [0.1, 0.15) is 11.8 Å². The zero-order valence-corrected chi connectivity index (χ0v) is 14.7. The lowest BCUT2D eigenvalue weighted by molar-refractivity contribution is 0.602. The fourth-order valence-electron chi connectivity index (χ4n) is 2.67. The minimum absolute atomic E-state index is 0.0639. The molecule has 1 N–H and O–H groups in total. The van der Waals surface area contributed by atoms with Gasteiger partial charge in [0.15, 0.2) is 9.84 Å².